The monoisotopic (exact) mass is 259 g/mol. The molecule has 1 unspecified atom stereocenters. The van der Waals surface area contributed by atoms with Crippen molar-refractivity contribution < 1.29 is 14.3 Å². The van der Waals surface area contributed by atoms with Crippen LogP contribution in [0.4, 0.5) is 5.69 Å². The number of aryl methyl sites for hydroxylation is 1. The molecule has 1 aromatic carbocycles. The van der Waals surface area contributed by atoms with Gasteiger partial charge in [-0.25, -0.2) is 0 Å². The second-order valence-corrected chi connectivity index (χ2v) is 4.43. The molecule has 0 fully saturated rings. The molecule has 0 aliphatic rings. The quantitative estimate of drug-likeness (QED) is 0.867. The average molecular weight is 259 g/mol. The highest BCUT2D eigenvalue weighted by Gasteiger charge is 2.06. The average Bonchev–Trinajstić information content (AvgIpc) is 2.90. The Labute approximate surface area is 112 Å². The maximum absolute atomic E-state index is 11.8. The molecule has 0 saturated carbocycles. The number of hydrogen-bond donors (Lipinski definition) is 2. The molecule has 2 aromatic rings. The van der Waals surface area contributed by atoms with Gasteiger partial charge in [0.05, 0.1) is 12.4 Å². The van der Waals surface area contributed by atoms with Gasteiger partial charge in [0.2, 0.25) is 5.91 Å². The lowest BCUT2D eigenvalue weighted by atomic mass is 10.1. The van der Waals surface area contributed by atoms with Crippen molar-refractivity contribution >= 4 is 11.6 Å². The first-order valence-corrected chi connectivity index (χ1v) is 6.25. The first-order chi connectivity index (χ1) is 9.15. The van der Waals surface area contributed by atoms with E-state index < -0.39 is 6.10 Å². The molecule has 0 aliphatic carbocycles. The summed E-state index contributed by atoms with van der Waals surface area (Å²) in [6.07, 6.45) is 2.00. The van der Waals surface area contributed by atoms with Crippen molar-refractivity contribution in [1.82, 2.24) is 0 Å². The Morgan fingerprint density at radius 1 is 1.37 bits per heavy atom. The predicted molar refractivity (Wildman–Crippen MR) is 72.7 cm³/mol. The van der Waals surface area contributed by atoms with Crippen molar-refractivity contribution in [2.45, 2.75) is 25.9 Å². The Hall–Kier alpha value is -2.07. The van der Waals surface area contributed by atoms with E-state index >= 15 is 0 Å². The number of hydrogen-bond acceptors (Lipinski definition) is 3. The molecule has 0 radical (unpaired) electrons. The molecule has 0 bridgehead atoms. The minimum atomic E-state index is -0.542. The highest BCUT2D eigenvalue weighted by molar-refractivity contribution is 5.90. The largest absolute Gasteiger partial charge is 0.469 e. The van der Waals surface area contributed by atoms with Crippen LogP contribution in [0.25, 0.3) is 0 Å². The molecule has 4 nitrogen and oxygen atoms in total. The van der Waals surface area contributed by atoms with E-state index in [2.05, 4.69) is 5.32 Å². The fraction of sp³-hybridized carbons (Fsp3) is 0.267. The van der Waals surface area contributed by atoms with E-state index in [1.54, 1.807) is 31.4 Å². The van der Waals surface area contributed by atoms with Crippen molar-refractivity contribution in [3.05, 3.63) is 54.0 Å². The van der Waals surface area contributed by atoms with Crippen LogP contribution in [0.3, 0.4) is 0 Å². The van der Waals surface area contributed by atoms with E-state index in [-0.39, 0.29) is 5.91 Å². The molecule has 2 rings (SSSR count). The van der Waals surface area contributed by atoms with Crippen molar-refractivity contribution in [2.75, 3.05) is 5.32 Å². The number of aliphatic hydroxyl groups excluding tert-OH is 1. The van der Waals surface area contributed by atoms with Gasteiger partial charge in [-0.2, -0.15) is 0 Å². The fourth-order valence-electron chi connectivity index (χ4n) is 1.79. The van der Waals surface area contributed by atoms with Gasteiger partial charge in [-0.1, -0.05) is 12.1 Å². The van der Waals surface area contributed by atoms with E-state index in [0.29, 0.717) is 18.5 Å². The SMILES string of the molecule is CC(O)c1cccc(NC(=O)CCc2ccco2)c1. The highest BCUT2D eigenvalue weighted by Crippen LogP contribution is 2.17. The van der Waals surface area contributed by atoms with E-state index in [0.717, 1.165) is 11.3 Å². The summed E-state index contributed by atoms with van der Waals surface area (Å²) in [6.45, 7) is 1.69. The topological polar surface area (TPSA) is 62.5 Å². The van der Waals surface area contributed by atoms with Crippen molar-refractivity contribution in [1.29, 1.82) is 0 Å². The third kappa shape index (κ3) is 3.96. The Kier molecular flexibility index (Phi) is 4.36. The number of benzene rings is 1. The number of nitrogens with one attached hydrogen (secondary N) is 1. The van der Waals surface area contributed by atoms with Gasteiger partial charge in [0, 0.05) is 18.5 Å². The standard InChI is InChI=1S/C15H17NO3/c1-11(17)12-4-2-5-13(10-12)16-15(18)8-7-14-6-3-9-19-14/h2-6,9-11,17H,7-8H2,1H3,(H,16,18). The summed E-state index contributed by atoms with van der Waals surface area (Å²) in [7, 11) is 0. The lowest BCUT2D eigenvalue weighted by Gasteiger charge is -2.08. The van der Waals surface area contributed by atoms with Gasteiger partial charge < -0.3 is 14.8 Å². The zero-order chi connectivity index (χ0) is 13.7. The number of anilines is 1. The molecule has 1 amide bonds. The maximum atomic E-state index is 11.8. The Balaban J connectivity index is 1.89. The molecule has 1 aromatic heterocycles. The van der Waals surface area contributed by atoms with E-state index in [1.165, 1.54) is 0 Å². The third-order valence-corrected chi connectivity index (χ3v) is 2.83. The number of furan rings is 1. The molecule has 100 valence electrons. The molecule has 1 heterocycles. The fourth-order valence-corrected chi connectivity index (χ4v) is 1.79. The molecule has 0 saturated heterocycles. The molecular formula is C15H17NO3. The summed E-state index contributed by atoms with van der Waals surface area (Å²) >= 11 is 0. The first kappa shape index (κ1) is 13.4. The predicted octanol–water partition coefficient (Wildman–Crippen LogP) is 2.90. The molecule has 2 N–H and O–H groups in total. The van der Waals surface area contributed by atoms with Gasteiger partial charge in [-0.3, -0.25) is 4.79 Å². The van der Waals surface area contributed by atoms with E-state index in [4.69, 9.17) is 4.42 Å². The summed E-state index contributed by atoms with van der Waals surface area (Å²) in [5.74, 6) is 0.729. The minimum absolute atomic E-state index is 0.0702. The summed E-state index contributed by atoms with van der Waals surface area (Å²) in [6, 6.07) is 10.9. The minimum Gasteiger partial charge on any atom is -0.469 e. The second kappa shape index (κ2) is 6.20. The zero-order valence-electron chi connectivity index (χ0n) is 10.8. The third-order valence-electron chi connectivity index (χ3n) is 2.83. The summed E-state index contributed by atoms with van der Waals surface area (Å²) in [5, 5.41) is 12.3. The van der Waals surface area contributed by atoms with Crippen LogP contribution in [0, 0.1) is 0 Å². The van der Waals surface area contributed by atoms with Gasteiger partial charge in [0.1, 0.15) is 5.76 Å². The van der Waals surface area contributed by atoms with E-state index in [9.17, 15) is 9.90 Å². The van der Waals surface area contributed by atoms with Crippen LogP contribution in [0.1, 0.15) is 30.8 Å². The Bertz CT molecular complexity index is 532. The number of amides is 1. The normalized spacial score (nSPS) is 12.1. The molecule has 1 atom stereocenters. The first-order valence-electron chi connectivity index (χ1n) is 6.25. The Morgan fingerprint density at radius 3 is 2.89 bits per heavy atom. The van der Waals surface area contributed by atoms with Crippen LogP contribution in [0.2, 0.25) is 0 Å². The smallest absolute Gasteiger partial charge is 0.224 e. The van der Waals surface area contributed by atoms with Crippen molar-refractivity contribution in [2.24, 2.45) is 0 Å². The Morgan fingerprint density at radius 2 is 2.21 bits per heavy atom. The number of rotatable bonds is 5. The van der Waals surface area contributed by atoms with Crippen molar-refractivity contribution in [3.8, 4) is 0 Å². The molecular weight excluding hydrogens is 242 g/mol. The van der Waals surface area contributed by atoms with Gasteiger partial charge in [-0.15, -0.1) is 0 Å². The van der Waals surface area contributed by atoms with Crippen LogP contribution in [0.5, 0.6) is 0 Å². The van der Waals surface area contributed by atoms with Crippen LogP contribution >= 0.6 is 0 Å². The van der Waals surface area contributed by atoms with Gasteiger partial charge in [0.15, 0.2) is 0 Å². The number of aliphatic hydroxyl groups is 1. The molecule has 0 spiro atoms. The second-order valence-electron chi connectivity index (χ2n) is 4.43. The van der Waals surface area contributed by atoms with Crippen LogP contribution in [-0.2, 0) is 11.2 Å². The molecule has 19 heavy (non-hydrogen) atoms. The molecule has 4 heteroatoms. The lowest BCUT2D eigenvalue weighted by Crippen LogP contribution is -2.12. The summed E-state index contributed by atoms with van der Waals surface area (Å²) in [4.78, 5) is 11.8. The molecule has 0 aliphatic heterocycles. The van der Waals surface area contributed by atoms with Gasteiger partial charge in [-0.05, 0) is 36.8 Å². The van der Waals surface area contributed by atoms with Crippen LogP contribution < -0.4 is 5.32 Å². The van der Waals surface area contributed by atoms with E-state index in [1.807, 2.05) is 18.2 Å². The van der Waals surface area contributed by atoms with Crippen molar-refractivity contribution in [3.63, 3.8) is 0 Å². The van der Waals surface area contributed by atoms with Crippen LogP contribution in [0.15, 0.2) is 47.1 Å². The number of carbonyl (C=O) groups is 1. The number of carbonyl (C=O) groups excluding carboxylic acids is 1. The van der Waals surface area contributed by atoms with Gasteiger partial charge in [0.25, 0.3) is 0 Å². The summed E-state index contributed by atoms with van der Waals surface area (Å²) < 4.78 is 5.17. The van der Waals surface area contributed by atoms with Gasteiger partial charge >= 0.3 is 0 Å². The maximum Gasteiger partial charge on any atom is 0.224 e. The summed E-state index contributed by atoms with van der Waals surface area (Å²) in [5.41, 5.74) is 1.48. The highest BCUT2D eigenvalue weighted by atomic mass is 16.3. The zero-order valence-corrected chi connectivity index (χ0v) is 10.8. The van der Waals surface area contributed by atoms with Crippen LogP contribution in [-0.4, -0.2) is 11.0 Å². The lowest BCUT2D eigenvalue weighted by molar-refractivity contribution is -0.116.